The molecule has 0 radical (unpaired) electrons. The quantitative estimate of drug-likeness (QED) is 0.931. The average Bonchev–Trinajstić information content (AvgIpc) is 2.93. The topological polar surface area (TPSA) is 45.5 Å². The summed E-state index contributed by atoms with van der Waals surface area (Å²) in [5.74, 6) is -0.837. The molecule has 4 nitrogen and oxygen atoms in total. The highest BCUT2D eigenvalue weighted by molar-refractivity contribution is 6.12. The van der Waals surface area contributed by atoms with E-state index in [1.165, 1.54) is 16.6 Å². The summed E-state index contributed by atoms with van der Waals surface area (Å²) < 4.78 is 2.01. The smallest absolute Gasteiger partial charge is 0.352 e. The molecule has 2 aliphatic rings. The first-order valence-corrected chi connectivity index (χ1v) is 8.83. The summed E-state index contributed by atoms with van der Waals surface area (Å²) in [6.07, 6.45) is 4.89. The zero-order valence-corrected chi connectivity index (χ0v) is 14.5. The molecule has 0 fully saturated rings. The van der Waals surface area contributed by atoms with Gasteiger partial charge >= 0.3 is 5.97 Å². The van der Waals surface area contributed by atoms with Crippen LogP contribution < -0.4 is 0 Å². The van der Waals surface area contributed by atoms with Gasteiger partial charge in [0.05, 0.1) is 11.6 Å². The summed E-state index contributed by atoms with van der Waals surface area (Å²) in [6, 6.07) is 8.47. The predicted octanol–water partition coefficient (Wildman–Crippen LogP) is 3.92. The molecule has 0 saturated heterocycles. The minimum absolute atomic E-state index is 0.123. The summed E-state index contributed by atoms with van der Waals surface area (Å²) in [7, 11) is 2.18. The van der Waals surface area contributed by atoms with E-state index >= 15 is 0 Å². The van der Waals surface area contributed by atoms with Crippen LogP contribution in [0.4, 0.5) is 0 Å². The molecule has 4 heteroatoms. The standard InChI is InChI=1S/C20H24N2O2/c1-4-20(5-2)12-16(19(23)24)22-15-9-7-6-8-13(15)14-10-11-21(3)18(20)17(14)22/h6-9,12,18H,4-5,10-11H2,1-3H3,(H,23,24)/t18-/m1/s1. The highest BCUT2D eigenvalue weighted by atomic mass is 16.4. The molecule has 0 spiro atoms. The van der Waals surface area contributed by atoms with Gasteiger partial charge in [0.2, 0.25) is 0 Å². The van der Waals surface area contributed by atoms with Crippen molar-refractivity contribution in [2.45, 2.75) is 39.2 Å². The maximum Gasteiger partial charge on any atom is 0.352 e. The van der Waals surface area contributed by atoms with Crippen LogP contribution in [-0.4, -0.2) is 34.1 Å². The maximum atomic E-state index is 12.1. The number of fused-ring (bicyclic) bond motifs is 3. The molecule has 3 heterocycles. The molecule has 0 unspecified atom stereocenters. The summed E-state index contributed by atoms with van der Waals surface area (Å²) in [5.41, 5.74) is 3.86. The fourth-order valence-electron chi connectivity index (χ4n) is 4.89. The van der Waals surface area contributed by atoms with Gasteiger partial charge in [0, 0.05) is 23.0 Å². The second-order valence-corrected chi connectivity index (χ2v) is 7.12. The summed E-state index contributed by atoms with van der Waals surface area (Å²) in [5, 5.41) is 11.1. The normalized spacial score (nSPS) is 22.3. The van der Waals surface area contributed by atoms with E-state index in [4.69, 9.17) is 0 Å². The first kappa shape index (κ1) is 15.5. The summed E-state index contributed by atoms with van der Waals surface area (Å²) >= 11 is 0. The lowest BCUT2D eigenvalue weighted by Crippen LogP contribution is -2.45. The van der Waals surface area contributed by atoms with Gasteiger partial charge in [0.25, 0.3) is 0 Å². The Balaban J connectivity index is 2.14. The summed E-state index contributed by atoms with van der Waals surface area (Å²) in [4.78, 5) is 14.5. The lowest BCUT2D eigenvalue weighted by molar-refractivity contribution is -0.131. The number of hydrogen-bond donors (Lipinski definition) is 1. The van der Waals surface area contributed by atoms with Gasteiger partial charge in [-0.15, -0.1) is 0 Å². The van der Waals surface area contributed by atoms with Gasteiger partial charge in [-0.2, -0.15) is 0 Å². The third-order valence-corrected chi connectivity index (χ3v) is 6.18. The minimum atomic E-state index is -0.837. The maximum absolute atomic E-state index is 12.1. The van der Waals surface area contributed by atoms with E-state index in [1.54, 1.807) is 0 Å². The van der Waals surface area contributed by atoms with E-state index in [0.29, 0.717) is 5.70 Å². The molecule has 1 aromatic carbocycles. The third kappa shape index (κ3) is 1.80. The predicted molar refractivity (Wildman–Crippen MR) is 95.9 cm³/mol. The van der Waals surface area contributed by atoms with Crippen LogP contribution in [0.5, 0.6) is 0 Å². The van der Waals surface area contributed by atoms with Crippen LogP contribution in [0.25, 0.3) is 16.6 Å². The third-order valence-electron chi connectivity index (χ3n) is 6.18. The van der Waals surface area contributed by atoms with Gasteiger partial charge in [-0.05, 0) is 44.0 Å². The van der Waals surface area contributed by atoms with Crippen LogP contribution in [0, 0.1) is 5.41 Å². The Bertz CT molecular complexity index is 858. The zero-order valence-electron chi connectivity index (χ0n) is 14.5. The molecule has 1 atom stereocenters. The second kappa shape index (κ2) is 5.21. The van der Waals surface area contributed by atoms with E-state index in [2.05, 4.69) is 37.9 Å². The number of rotatable bonds is 3. The van der Waals surface area contributed by atoms with Gasteiger partial charge in [-0.1, -0.05) is 32.0 Å². The molecule has 2 aromatic rings. The van der Waals surface area contributed by atoms with Crippen LogP contribution in [0.15, 0.2) is 30.3 Å². The van der Waals surface area contributed by atoms with Crippen molar-refractivity contribution in [2.75, 3.05) is 13.6 Å². The molecule has 126 valence electrons. The SMILES string of the molecule is CCC1(CC)C=C(C(=O)O)n2c3c(c4ccccc42)CCN(C)[C@H]31. The molecule has 1 N–H and O–H groups in total. The highest BCUT2D eigenvalue weighted by Crippen LogP contribution is 2.54. The number of hydrogen-bond acceptors (Lipinski definition) is 2. The van der Waals surface area contributed by atoms with Gasteiger partial charge < -0.3 is 9.67 Å². The van der Waals surface area contributed by atoms with Crippen molar-refractivity contribution in [3.8, 4) is 0 Å². The molecule has 0 saturated carbocycles. The Morgan fingerprint density at radius 2 is 2.00 bits per heavy atom. The van der Waals surface area contributed by atoms with Gasteiger partial charge in [0.1, 0.15) is 5.70 Å². The van der Waals surface area contributed by atoms with Gasteiger partial charge in [-0.25, -0.2) is 4.79 Å². The number of benzene rings is 1. The van der Waals surface area contributed by atoms with E-state index in [9.17, 15) is 9.90 Å². The van der Waals surface area contributed by atoms with Crippen LogP contribution in [0.3, 0.4) is 0 Å². The molecule has 0 bridgehead atoms. The van der Waals surface area contributed by atoms with Crippen molar-refractivity contribution < 1.29 is 9.90 Å². The highest BCUT2D eigenvalue weighted by Gasteiger charge is 2.47. The lowest BCUT2D eigenvalue weighted by Gasteiger charge is -2.48. The Kier molecular flexibility index (Phi) is 3.36. The molecule has 1 aromatic heterocycles. The minimum Gasteiger partial charge on any atom is -0.477 e. The summed E-state index contributed by atoms with van der Waals surface area (Å²) in [6.45, 7) is 5.38. The van der Waals surface area contributed by atoms with Crippen LogP contribution in [0.2, 0.25) is 0 Å². The van der Waals surface area contributed by atoms with Gasteiger partial charge in [-0.3, -0.25) is 4.90 Å². The molecular weight excluding hydrogens is 300 g/mol. The number of para-hydroxylation sites is 1. The Morgan fingerprint density at radius 3 is 2.67 bits per heavy atom. The van der Waals surface area contributed by atoms with Crippen LogP contribution in [0.1, 0.15) is 44.0 Å². The first-order chi connectivity index (χ1) is 11.5. The van der Waals surface area contributed by atoms with Crippen molar-refractivity contribution >= 4 is 22.6 Å². The van der Waals surface area contributed by atoms with E-state index in [1.807, 2.05) is 22.8 Å². The number of nitrogens with zero attached hydrogens (tertiary/aromatic N) is 2. The zero-order chi connectivity index (χ0) is 17.1. The molecule has 4 rings (SSSR count). The monoisotopic (exact) mass is 324 g/mol. The molecule has 2 aliphatic heterocycles. The van der Waals surface area contributed by atoms with Crippen molar-refractivity contribution in [1.82, 2.24) is 9.47 Å². The Labute approximate surface area is 142 Å². The molecular formula is C20H24N2O2. The lowest BCUT2D eigenvalue weighted by atomic mass is 9.69. The molecule has 24 heavy (non-hydrogen) atoms. The number of carboxylic acids is 1. The number of carbonyl (C=O) groups is 1. The van der Waals surface area contributed by atoms with Crippen LogP contribution in [-0.2, 0) is 11.2 Å². The average molecular weight is 324 g/mol. The first-order valence-electron chi connectivity index (χ1n) is 8.83. The van der Waals surface area contributed by atoms with Gasteiger partial charge in [0.15, 0.2) is 0 Å². The van der Waals surface area contributed by atoms with Crippen LogP contribution >= 0.6 is 0 Å². The fraction of sp³-hybridized carbons (Fsp3) is 0.450. The van der Waals surface area contributed by atoms with E-state index in [-0.39, 0.29) is 11.5 Å². The second-order valence-electron chi connectivity index (χ2n) is 7.12. The van der Waals surface area contributed by atoms with Crippen molar-refractivity contribution in [3.05, 3.63) is 41.6 Å². The van der Waals surface area contributed by atoms with E-state index < -0.39 is 5.97 Å². The molecule has 0 amide bonds. The Hall–Kier alpha value is -2.07. The number of likely N-dealkylation sites (N-methyl/N-ethyl adjacent to an activating group) is 1. The number of carboxylic acid groups (broad SMARTS) is 1. The largest absolute Gasteiger partial charge is 0.477 e. The van der Waals surface area contributed by atoms with Crippen molar-refractivity contribution in [3.63, 3.8) is 0 Å². The number of aromatic nitrogens is 1. The Morgan fingerprint density at radius 1 is 1.29 bits per heavy atom. The van der Waals surface area contributed by atoms with Crippen molar-refractivity contribution in [1.29, 1.82) is 0 Å². The fourth-order valence-corrected chi connectivity index (χ4v) is 4.89. The van der Waals surface area contributed by atoms with E-state index in [0.717, 1.165) is 31.3 Å². The number of aliphatic carboxylic acids is 1. The molecule has 0 aliphatic carbocycles. The van der Waals surface area contributed by atoms with Crippen molar-refractivity contribution in [2.24, 2.45) is 5.41 Å².